The number of benzene rings is 4. The van der Waals surface area contributed by atoms with Gasteiger partial charge < -0.3 is 0 Å². The number of hydrogen-bond donors (Lipinski definition) is 1. The van der Waals surface area contributed by atoms with E-state index in [1.807, 2.05) is 18.2 Å². The third kappa shape index (κ3) is 4.82. The molecule has 0 heterocycles. The van der Waals surface area contributed by atoms with Gasteiger partial charge in [0.15, 0.2) is 0 Å². The molecule has 0 saturated heterocycles. The number of nitrogens with one attached hydrogen (secondary N) is 1. The minimum atomic E-state index is -4.09. The van der Waals surface area contributed by atoms with Crippen molar-refractivity contribution in [2.75, 3.05) is 10.8 Å². The average Bonchev–Trinajstić information content (AvgIpc) is 3.28. The van der Waals surface area contributed by atoms with Gasteiger partial charge in [-0.2, -0.15) is 5.10 Å². The summed E-state index contributed by atoms with van der Waals surface area (Å²) < 4.78 is 27.8. The Labute approximate surface area is 219 Å². The Morgan fingerprint density at radius 3 is 2.33 bits per heavy atom. The number of hydrogen-bond acceptors (Lipinski definition) is 4. The highest BCUT2D eigenvalue weighted by atomic mass is 35.5. The smallest absolute Gasteiger partial charge is 0.264 e. The first-order chi connectivity index (χ1) is 17.3. The first kappa shape index (κ1) is 24.3. The highest BCUT2D eigenvalue weighted by Crippen LogP contribution is 2.32. The molecule has 9 heteroatoms. The molecule has 0 bridgehead atoms. The molecule has 1 amide bonds. The predicted molar refractivity (Wildman–Crippen MR) is 145 cm³/mol. The zero-order valence-electron chi connectivity index (χ0n) is 19.0. The SMILES string of the molecule is O=C(CN(c1cc(Cl)cc(Cl)c1)S(=O)(=O)c1ccccc1)N/N=C\c1ccc2c3c(cccc13)CC2. The Hall–Kier alpha value is -3.39. The number of anilines is 1. The fraction of sp³-hybridized carbons (Fsp3) is 0.111. The van der Waals surface area contributed by atoms with Gasteiger partial charge in [0, 0.05) is 15.6 Å². The maximum absolute atomic E-state index is 13.4. The van der Waals surface area contributed by atoms with Crippen molar-refractivity contribution in [1.82, 2.24) is 5.43 Å². The molecular formula is C27H21Cl2N3O3S. The van der Waals surface area contributed by atoms with Gasteiger partial charge in [0.1, 0.15) is 6.54 Å². The molecule has 0 fully saturated rings. The maximum Gasteiger partial charge on any atom is 0.264 e. The number of rotatable bonds is 7. The van der Waals surface area contributed by atoms with Gasteiger partial charge in [0.25, 0.3) is 15.9 Å². The minimum Gasteiger partial charge on any atom is -0.271 e. The van der Waals surface area contributed by atoms with Gasteiger partial charge in [-0.1, -0.05) is 71.7 Å². The topological polar surface area (TPSA) is 78.8 Å². The van der Waals surface area contributed by atoms with E-state index in [1.165, 1.54) is 46.8 Å². The molecule has 0 saturated carbocycles. The number of nitrogens with zero attached hydrogens (tertiary/aromatic N) is 2. The summed E-state index contributed by atoms with van der Waals surface area (Å²) in [6.45, 7) is -0.519. The van der Waals surface area contributed by atoms with Crippen LogP contribution in [-0.4, -0.2) is 27.1 Å². The van der Waals surface area contributed by atoms with Crippen LogP contribution in [0.4, 0.5) is 5.69 Å². The van der Waals surface area contributed by atoms with E-state index in [-0.39, 0.29) is 20.6 Å². The van der Waals surface area contributed by atoms with Crippen LogP contribution in [0.3, 0.4) is 0 Å². The van der Waals surface area contributed by atoms with Crippen LogP contribution in [0.1, 0.15) is 16.7 Å². The van der Waals surface area contributed by atoms with Crippen molar-refractivity contribution in [3.63, 3.8) is 0 Å². The van der Waals surface area contributed by atoms with Crippen LogP contribution in [0, 0.1) is 0 Å². The second kappa shape index (κ2) is 9.93. The lowest BCUT2D eigenvalue weighted by molar-refractivity contribution is -0.119. The Morgan fingerprint density at radius 2 is 1.61 bits per heavy atom. The maximum atomic E-state index is 13.4. The van der Waals surface area contributed by atoms with Crippen LogP contribution in [0.5, 0.6) is 0 Å². The Kier molecular flexibility index (Phi) is 6.71. The molecule has 0 radical (unpaired) electrons. The van der Waals surface area contributed by atoms with E-state index >= 15 is 0 Å². The number of hydrazone groups is 1. The lowest BCUT2D eigenvalue weighted by atomic mass is 10.0. The third-order valence-corrected chi connectivity index (χ3v) is 8.28. The van der Waals surface area contributed by atoms with E-state index < -0.39 is 22.5 Å². The highest BCUT2D eigenvalue weighted by molar-refractivity contribution is 7.92. The molecule has 6 nitrogen and oxygen atoms in total. The van der Waals surface area contributed by atoms with E-state index in [9.17, 15) is 13.2 Å². The molecule has 0 aromatic heterocycles. The van der Waals surface area contributed by atoms with Crippen molar-refractivity contribution in [3.8, 4) is 0 Å². The van der Waals surface area contributed by atoms with Crippen LogP contribution < -0.4 is 9.73 Å². The van der Waals surface area contributed by atoms with Gasteiger partial charge in [-0.25, -0.2) is 13.8 Å². The minimum absolute atomic E-state index is 0.0327. The summed E-state index contributed by atoms with van der Waals surface area (Å²) in [5.41, 5.74) is 6.11. The van der Waals surface area contributed by atoms with Gasteiger partial charge in [-0.15, -0.1) is 0 Å². The van der Waals surface area contributed by atoms with Gasteiger partial charge in [-0.3, -0.25) is 9.10 Å². The summed E-state index contributed by atoms with van der Waals surface area (Å²) in [7, 11) is -4.09. The van der Waals surface area contributed by atoms with Crippen molar-refractivity contribution >= 4 is 61.8 Å². The first-order valence-electron chi connectivity index (χ1n) is 11.2. The summed E-state index contributed by atoms with van der Waals surface area (Å²) in [5, 5.41) is 6.92. The van der Waals surface area contributed by atoms with Crippen molar-refractivity contribution in [3.05, 3.63) is 106 Å². The molecule has 0 spiro atoms. The molecule has 4 aromatic carbocycles. The van der Waals surface area contributed by atoms with E-state index in [2.05, 4.69) is 22.7 Å². The molecular weight excluding hydrogens is 517 g/mol. The lowest BCUT2D eigenvalue weighted by Crippen LogP contribution is -2.39. The standard InChI is InChI=1S/C27H21Cl2N3O3S/c28-21-13-22(29)15-23(14-21)32(36(34,35)24-6-2-1-3-7-24)17-26(33)31-30-16-20-12-11-19-10-9-18-5-4-8-25(20)27(18)19/h1-8,11-16H,9-10,17H2,(H,31,33)/b30-16-. The molecule has 0 unspecified atom stereocenters. The Morgan fingerprint density at radius 1 is 0.917 bits per heavy atom. The summed E-state index contributed by atoms with van der Waals surface area (Å²) in [5.74, 6) is -0.618. The largest absolute Gasteiger partial charge is 0.271 e. The fourth-order valence-electron chi connectivity index (χ4n) is 4.44. The van der Waals surface area contributed by atoms with E-state index in [0.29, 0.717) is 0 Å². The second-order valence-corrected chi connectivity index (χ2v) is 11.1. The molecule has 1 aliphatic rings. The van der Waals surface area contributed by atoms with E-state index in [1.54, 1.807) is 24.4 Å². The summed E-state index contributed by atoms with van der Waals surface area (Å²) in [4.78, 5) is 12.9. The molecule has 0 atom stereocenters. The van der Waals surface area contributed by atoms with Gasteiger partial charge in [0.05, 0.1) is 16.8 Å². The monoisotopic (exact) mass is 537 g/mol. The number of sulfonamides is 1. The van der Waals surface area contributed by atoms with Crippen LogP contribution in [-0.2, 0) is 27.7 Å². The number of carbonyl (C=O) groups is 1. The number of aryl methyl sites for hydroxylation is 2. The molecule has 1 aliphatic carbocycles. The molecule has 5 rings (SSSR count). The zero-order valence-corrected chi connectivity index (χ0v) is 21.3. The van der Waals surface area contributed by atoms with E-state index in [0.717, 1.165) is 28.1 Å². The summed E-state index contributed by atoms with van der Waals surface area (Å²) in [6, 6.07) is 22.5. The Bertz CT molecular complexity index is 1580. The third-order valence-electron chi connectivity index (χ3n) is 6.06. The van der Waals surface area contributed by atoms with Crippen LogP contribution in [0.25, 0.3) is 10.8 Å². The van der Waals surface area contributed by atoms with Crippen molar-refractivity contribution in [2.45, 2.75) is 17.7 Å². The normalized spacial score (nSPS) is 12.8. The first-order valence-corrected chi connectivity index (χ1v) is 13.4. The highest BCUT2D eigenvalue weighted by Gasteiger charge is 2.27. The number of carbonyl (C=O) groups excluding carboxylic acids is 1. The van der Waals surface area contributed by atoms with Crippen molar-refractivity contribution < 1.29 is 13.2 Å². The average molecular weight is 538 g/mol. The van der Waals surface area contributed by atoms with Crippen molar-refractivity contribution in [2.24, 2.45) is 5.10 Å². The Balaban J connectivity index is 1.40. The molecule has 1 N–H and O–H groups in total. The van der Waals surface area contributed by atoms with Crippen molar-refractivity contribution in [1.29, 1.82) is 0 Å². The van der Waals surface area contributed by atoms with Crippen LogP contribution >= 0.6 is 23.2 Å². The van der Waals surface area contributed by atoms with Crippen LogP contribution in [0.2, 0.25) is 10.0 Å². The number of amides is 1. The van der Waals surface area contributed by atoms with Gasteiger partial charge in [-0.05, 0) is 65.1 Å². The summed E-state index contributed by atoms with van der Waals surface area (Å²) in [6.07, 6.45) is 3.61. The molecule has 36 heavy (non-hydrogen) atoms. The van der Waals surface area contributed by atoms with Gasteiger partial charge >= 0.3 is 0 Å². The van der Waals surface area contributed by atoms with E-state index in [4.69, 9.17) is 23.2 Å². The fourth-order valence-corrected chi connectivity index (χ4v) is 6.38. The summed E-state index contributed by atoms with van der Waals surface area (Å²) >= 11 is 12.2. The zero-order chi connectivity index (χ0) is 25.3. The van der Waals surface area contributed by atoms with Crippen LogP contribution in [0.15, 0.2) is 88.9 Å². The predicted octanol–water partition coefficient (Wildman–Crippen LogP) is 5.59. The molecule has 4 aromatic rings. The van der Waals surface area contributed by atoms with Gasteiger partial charge in [0.2, 0.25) is 0 Å². The molecule has 0 aliphatic heterocycles. The lowest BCUT2D eigenvalue weighted by Gasteiger charge is -2.24. The number of halogens is 2. The molecule has 182 valence electrons. The second-order valence-electron chi connectivity index (χ2n) is 8.40. The quantitative estimate of drug-likeness (QED) is 0.246.